The van der Waals surface area contributed by atoms with E-state index >= 15 is 0 Å². The van der Waals surface area contributed by atoms with Gasteiger partial charge in [0.2, 0.25) is 5.91 Å². The maximum Gasteiger partial charge on any atom is 0.416 e. The zero-order valence-corrected chi connectivity index (χ0v) is 16.8. The minimum Gasteiger partial charge on any atom is -0.325 e. The topological polar surface area (TPSA) is 59.3 Å². The summed E-state index contributed by atoms with van der Waals surface area (Å²) in [6.45, 7) is 2.00. The van der Waals surface area contributed by atoms with Crippen LogP contribution in [-0.4, -0.2) is 26.3 Å². The quantitative estimate of drug-likeness (QED) is 0.434. The first-order chi connectivity index (χ1) is 13.9. The zero-order chi connectivity index (χ0) is 20.6. The Bertz CT molecular complexity index is 1200. The first kappa shape index (κ1) is 19.7. The summed E-state index contributed by atoms with van der Waals surface area (Å²) in [6, 6.07) is 8.59. The number of halogens is 3. The number of rotatable bonds is 5. The van der Waals surface area contributed by atoms with E-state index in [1.807, 2.05) is 28.8 Å². The van der Waals surface area contributed by atoms with Crippen molar-refractivity contribution in [2.24, 2.45) is 0 Å². The molecule has 0 fully saturated rings. The van der Waals surface area contributed by atoms with Crippen molar-refractivity contribution in [2.75, 3.05) is 11.1 Å². The van der Waals surface area contributed by atoms with Gasteiger partial charge in [0.1, 0.15) is 10.9 Å². The molecule has 1 aromatic carbocycles. The average Bonchev–Trinajstić information content (AvgIpc) is 3.27. The summed E-state index contributed by atoms with van der Waals surface area (Å²) in [5, 5.41) is 13.6. The molecule has 0 spiro atoms. The van der Waals surface area contributed by atoms with Crippen LogP contribution >= 0.6 is 23.1 Å². The number of thioether (sulfide) groups is 1. The zero-order valence-electron chi connectivity index (χ0n) is 15.2. The van der Waals surface area contributed by atoms with Gasteiger partial charge in [-0.05, 0) is 35.7 Å². The fraction of sp³-hybridized carbons (Fsp3) is 0.211. The largest absolute Gasteiger partial charge is 0.416 e. The molecule has 0 aliphatic carbocycles. The molecule has 4 aromatic rings. The lowest BCUT2D eigenvalue weighted by Crippen LogP contribution is -2.15. The van der Waals surface area contributed by atoms with Crippen LogP contribution in [0.25, 0.3) is 15.7 Å². The summed E-state index contributed by atoms with van der Waals surface area (Å²) < 4.78 is 41.6. The second-order valence-corrected chi connectivity index (χ2v) is 8.14. The highest BCUT2D eigenvalue weighted by molar-refractivity contribution is 8.00. The number of fused-ring (bicyclic) bond motifs is 3. The van der Waals surface area contributed by atoms with E-state index in [2.05, 4.69) is 15.5 Å². The molecule has 0 saturated carbocycles. The lowest BCUT2D eigenvalue weighted by atomic mass is 10.2. The average molecular weight is 436 g/mol. The molecule has 0 aliphatic heterocycles. The Kier molecular flexibility index (Phi) is 5.22. The van der Waals surface area contributed by atoms with Gasteiger partial charge < -0.3 is 5.32 Å². The molecule has 5 nitrogen and oxygen atoms in total. The molecular formula is C19H15F3N4OS2. The number of benzene rings is 1. The Morgan fingerprint density at radius 2 is 2.03 bits per heavy atom. The third-order valence-corrected chi connectivity index (χ3v) is 6.11. The fourth-order valence-electron chi connectivity index (χ4n) is 3.00. The van der Waals surface area contributed by atoms with E-state index in [-0.39, 0.29) is 11.4 Å². The highest BCUT2D eigenvalue weighted by Crippen LogP contribution is 2.32. The number of thiophene rings is 1. The molecule has 150 valence electrons. The number of nitrogens with one attached hydrogen (secondary N) is 1. The second kappa shape index (κ2) is 7.68. The van der Waals surface area contributed by atoms with E-state index in [1.54, 1.807) is 11.3 Å². The van der Waals surface area contributed by atoms with Crippen molar-refractivity contribution in [3.8, 4) is 0 Å². The molecule has 0 bridgehead atoms. The van der Waals surface area contributed by atoms with Crippen LogP contribution in [0.15, 0.2) is 46.8 Å². The summed E-state index contributed by atoms with van der Waals surface area (Å²) in [4.78, 5) is 12.3. The molecule has 0 saturated heterocycles. The molecule has 0 radical (unpaired) electrons. The third kappa shape index (κ3) is 3.95. The molecule has 3 heterocycles. The van der Waals surface area contributed by atoms with Gasteiger partial charge in [0.25, 0.3) is 0 Å². The molecule has 4 rings (SSSR count). The maximum atomic E-state index is 12.8. The molecule has 1 N–H and O–H groups in total. The minimum absolute atomic E-state index is 0.00485. The van der Waals surface area contributed by atoms with E-state index in [4.69, 9.17) is 0 Å². The van der Waals surface area contributed by atoms with Gasteiger partial charge in [0.15, 0.2) is 0 Å². The normalized spacial score (nSPS) is 12.0. The Hall–Kier alpha value is -2.59. The van der Waals surface area contributed by atoms with Gasteiger partial charge >= 0.3 is 6.18 Å². The Morgan fingerprint density at radius 3 is 2.79 bits per heavy atom. The Labute approximate surface area is 171 Å². The van der Waals surface area contributed by atoms with Crippen LogP contribution in [0.3, 0.4) is 0 Å². The van der Waals surface area contributed by atoms with Crippen LogP contribution < -0.4 is 5.32 Å². The van der Waals surface area contributed by atoms with Crippen LogP contribution in [0.2, 0.25) is 0 Å². The minimum atomic E-state index is -4.46. The highest BCUT2D eigenvalue weighted by atomic mass is 32.2. The van der Waals surface area contributed by atoms with Crippen LogP contribution in [0, 0.1) is 0 Å². The third-order valence-electron chi connectivity index (χ3n) is 4.29. The molecule has 0 atom stereocenters. The van der Waals surface area contributed by atoms with Gasteiger partial charge in [0, 0.05) is 12.1 Å². The molecular weight excluding hydrogens is 421 g/mol. The SMILES string of the molecule is CCc1nnc(SCC(=O)Nc2cccc(C(F)(F)F)c2)c2cc3sccc3n12. The van der Waals surface area contributed by atoms with Crippen LogP contribution in [-0.2, 0) is 17.4 Å². The van der Waals surface area contributed by atoms with E-state index in [0.29, 0.717) is 11.4 Å². The fourth-order valence-corrected chi connectivity index (χ4v) is 4.54. The van der Waals surface area contributed by atoms with Gasteiger partial charge in [0.05, 0.1) is 27.0 Å². The number of aryl methyl sites for hydroxylation is 1. The molecule has 10 heteroatoms. The van der Waals surface area contributed by atoms with Gasteiger partial charge in [-0.2, -0.15) is 13.2 Å². The standard InChI is InChI=1S/C19H15F3N4OS2/c1-2-16-24-25-18(14-9-15-13(26(14)16)6-7-28-15)29-10-17(27)23-12-5-3-4-11(8-12)19(20,21)22/h3-9H,2,10H2,1H3,(H,23,27). The maximum absolute atomic E-state index is 12.8. The smallest absolute Gasteiger partial charge is 0.325 e. The number of carbonyl (C=O) groups is 1. The van der Waals surface area contributed by atoms with Crippen LogP contribution in [0.4, 0.5) is 18.9 Å². The first-order valence-corrected chi connectivity index (χ1v) is 10.6. The Balaban J connectivity index is 1.52. The molecule has 3 aromatic heterocycles. The molecule has 0 aliphatic rings. The summed E-state index contributed by atoms with van der Waals surface area (Å²) in [7, 11) is 0. The number of anilines is 1. The highest BCUT2D eigenvalue weighted by Gasteiger charge is 2.30. The summed E-state index contributed by atoms with van der Waals surface area (Å²) in [5.74, 6) is 0.415. The number of aromatic nitrogens is 3. The van der Waals surface area contributed by atoms with Crippen molar-refractivity contribution < 1.29 is 18.0 Å². The number of alkyl halides is 3. The lowest BCUT2D eigenvalue weighted by molar-refractivity contribution is -0.137. The van der Waals surface area contributed by atoms with Gasteiger partial charge in [-0.15, -0.1) is 21.5 Å². The molecule has 1 amide bonds. The van der Waals surface area contributed by atoms with E-state index in [1.165, 1.54) is 23.9 Å². The number of hydrogen-bond acceptors (Lipinski definition) is 5. The summed E-state index contributed by atoms with van der Waals surface area (Å²) in [5.41, 5.74) is 1.22. The molecule has 0 unspecified atom stereocenters. The van der Waals surface area contributed by atoms with E-state index < -0.39 is 17.6 Å². The van der Waals surface area contributed by atoms with Gasteiger partial charge in [-0.1, -0.05) is 24.8 Å². The summed E-state index contributed by atoms with van der Waals surface area (Å²) in [6.07, 6.45) is -3.75. The molecule has 29 heavy (non-hydrogen) atoms. The predicted octanol–water partition coefficient (Wildman–Crippen LogP) is 5.26. The van der Waals surface area contributed by atoms with Gasteiger partial charge in [-0.3, -0.25) is 9.20 Å². The lowest BCUT2D eigenvalue weighted by Gasteiger charge is -2.10. The van der Waals surface area contributed by atoms with Crippen molar-refractivity contribution in [1.29, 1.82) is 0 Å². The number of amides is 1. The predicted molar refractivity (Wildman–Crippen MR) is 109 cm³/mol. The van der Waals surface area contributed by atoms with Crippen molar-refractivity contribution in [1.82, 2.24) is 14.6 Å². The van der Waals surface area contributed by atoms with Crippen molar-refractivity contribution in [2.45, 2.75) is 24.5 Å². The second-order valence-electron chi connectivity index (χ2n) is 6.23. The van der Waals surface area contributed by atoms with Crippen molar-refractivity contribution in [3.05, 3.63) is 53.2 Å². The number of nitrogens with zero attached hydrogens (tertiary/aromatic N) is 3. The number of hydrogen-bond donors (Lipinski definition) is 1. The van der Waals surface area contributed by atoms with E-state index in [0.717, 1.165) is 33.7 Å². The first-order valence-electron chi connectivity index (χ1n) is 8.71. The Morgan fingerprint density at radius 1 is 1.21 bits per heavy atom. The number of carbonyl (C=O) groups excluding carboxylic acids is 1. The van der Waals surface area contributed by atoms with Crippen molar-refractivity contribution in [3.63, 3.8) is 0 Å². The van der Waals surface area contributed by atoms with Crippen molar-refractivity contribution >= 4 is 50.4 Å². The summed E-state index contributed by atoms with van der Waals surface area (Å²) >= 11 is 2.81. The van der Waals surface area contributed by atoms with Crippen LogP contribution in [0.1, 0.15) is 18.3 Å². The van der Waals surface area contributed by atoms with E-state index in [9.17, 15) is 18.0 Å². The monoisotopic (exact) mass is 436 g/mol. The van der Waals surface area contributed by atoms with Crippen LogP contribution in [0.5, 0.6) is 0 Å². The van der Waals surface area contributed by atoms with Gasteiger partial charge in [-0.25, -0.2) is 0 Å².